The lowest BCUT2D eigenvalue weighted by Crippen LogP contribution is -2.41. The van der Waals surface area contributed by atoms with Crippen molar-refractivity contribution in [3.8, 4) is 11.5 Å². The summed E-state index contributed by atoms with van der Waals surface area (Å²) in [5, 5.41) is 8.65. The molecule has 3 N–H and O–H groups in total. The SMILES string of the molecule is CCCCNc1c(Oc2ccccc2)cc(S(N)(=O)=O)cc1C(=O)N1CCOCC1. The first kappa shape index (κ1) is 22.1. The lowest BCUT2D eigenvalue weighted by molar-refractivity contribution is 0.0303. The Morgan fingerprint density at radius 2 is 1.90 bits per heavy atom. The van der Waals surface area contributed by atoms with Gasteiger partial charge in [-0.25, -0.2) is 13.6 Å². The van der Waals surface area contributed by atoms with E-state index in [1.54, 1.807) is 17.0 Å². The molecule has 2 aromatic carbocycles. The lowest BCUT2D eigenvalue weighted by Gasteiger charge is -2.28. The highest BCUT2D eigenvalue weighted by molar-refractivity contribution is 7.89. The minimum atomic E-state index is -4.05. The average molecular weight is 434 g/mol. The fourth-order valence-corrected chi connectivity index (χ4v) is 3.68. The summed E-state index contributed by atoms with van der Waals surface area (Å²) in [7, 11) is -4.05. The van der Waals surface area contributed by atoms with Crippen molar-refractivity contribution in [1.29, 1.82) is 0 Å². The maximum Gasteiger partial charge on any atom is 0.256 e. The molecule has 1 fully saturated rings. The van der Waals surface area contributed by atoms with Crippen LogP contribution in [0.2, 0.25) is 0 Å². The lowest BCUT2D eigenvalue weighted by atomic mass is 10.1. The standard InChI is InChI=1S/C21H27N3O5S/c1-2-3-9-23-20-18(21(25)24-10-12-28-13-11-24)14-17(30(22,26)27)15-19(20)29-16-7-5-4-6-8-16/h4-8,14-15,23H,2-3,9-13H2,1H3,(H2,22,26,27). The minimum absolute atomic E-state index is 0.175. The van der Waals surface area contributed by atoms with Crippen LogP contribution in [0, 0.1) is 0 Å². The molecule has 1 amide bonds. The van der Waals surface area contributed by atoms with Crippen LogP contribution < -0.4 is 15.2 Å². The van der Waals surface area contributed by atoms with E-state index in [4.69, 9.17) is 14.6 Å². The summed E-state index contributed by atoms with van der Waals surface area (Å²) >= 11 is 0. The summed E-state index contributed by atoms with van der Waals surface area (Å²) in [5.74, 6) is 0.466. The van der Waals surface area contributed by atoms with E-state index in [0.717, 1.165) is 12.8 Å². The van der Waals surface area contributed by atoms with Gasteiger partial charge in [-0.2, -0.15) is 0 Å². The zero-order valence-electron chi connectivity index (χ0n) is 17.0. The minimum Gasteiger partial charge on any atom is -0.455 e. The number of morpholine rings is 1. The van der Waals surface area contributed by atoms with Crippen LogP contribution >= 0.6 is 0 Å². The molecule has 0 aliphatic carbocycles. The van der Waals surface area contributed by atoms with Gasteiger partial charge in [0.05, 0.1) is 29.4 Å². The summed E-state index contributed by atoms with van der Waals surface area (Å²) in [4.78, 5) is 14.7. The number of nitrogens with one attached hydrogen (secondary N) is 1. The molecule has 1 aliphatic heterocycles. The van der Waals surface area contributed by atoms with E-state index >= 15 is 0 Å². The van der Waals surface area contributed by atoms with Crippen LogP contribution in [0.15, 0.2) is 47.4 Å². The molecule has 0 spiro atoms. The van der Waals surface area contributed by atoms with E-state index in [1.165, 1.54) is 12.1 Å². The topological polar surface area (TPSA) is 111 Å². The van der Waals surface area contributed by atoms with Crippen LogP contribution in [-0.4, -0.2) is 52.1 Å². The number of nitrogens with zero attached hydrogens (tertiary/aromatic N) is 1. The molecule has 0 bridgehead atoms. The van der Waals surface area contributed by atoms with Crippen LogP contribution in [0.1, 0.15) is 30.1 Å². The Labute approximate surface area is 177 Å². The molecular formula is C21H27N3O5S. The molecule has 8 nitrogen and oxygen atoms in total. The van der Waals surface area contributed by atoms with Gasteiger partial charge in [-0.05, 0) is 24.6 Å². The third kappa shape index (κ3) is 5.50. The first-order chi connectivity index (χ1) is 14.4. The molecule has 1 heterocycles. The van der Waals surface area contributed by atoms with Crippen molar-refractivity contribution in [3.63, 3.8) is 0 Å². The fraction of sp³-hybridized carbons (Fsp3) is 0.381. The Kier molecular flexibility index (Phi) is 7.30. The highest BCUT2D eigenvalue weighted by atomic mass is 32.2. The number of nitrogens with two attached hydrogens (primary N) is 1. The van der Waals surface area contributed by atoms with Crippen molar-refractivity contribution in [2.24, 2.45) is 5.14 Å². The smallest absolute Gasteiger partial charge is 0.256 e. The molecule has 0 aromatic heterocycles. The predicted octanol–water partition coefficient (Wildman–Crippen LogP) is 2.81. The van der Waals surface area contributed by atoms with Gasteiger partial charge >= 0.3 is 0 Å². The molecule has 1 aliphatic rings. The molecule has 2 aromatic rings. The fourth-order valence-electron chi connectivity index (χ4n) is 3.13. The number of carbonyl (C=O) groups is 1. The zero-order chi connectivity index (χ0) is 21.6. The number of para-hydroxylation sites is 1. The molecule has 30 heavy (non-hydrogen) atoms. The first-order valence-electron chi connectivity index (χ1n) is 9.94. The van der Waals surface area contributed by atoms with Gasteiger partial charge in [0.2, 0.25) is 10.0 Å². The number of benzene rings is 2. The van der Waals surface area contributed by atoms with Crippen molar-refractivity contribution in [2.45, 2.75) is 24.7 Å². The summed E-state index contributed by atoms with van der Waals surface area (Å²) < 4.78 is 35.5. The Balaban J connectivity index is 2.10. The van der Waals surface area contributed by atoms with Gasteiger partial charge in [-0.1, -0.05) is 31.5 Å². The summed E-state index contributed by atoms with van der Waals surface area (Å²) in [5.41, 5.74) is 0.668. The van der Waals surface area contributed by atoms with Gasteiger partial charge in [-0.3, -0.25) is 4.79 Å². The second-order valence-corrected chi connectivity index (χ2v) is 8.55. The maximum absolute atomic E-state index is 13.3. The molecule has 1 saturated heterocycles. The Bertz CT molecular complexity index is 974. The number of primary sulfonamides is 1. The highest BCUT2D eigenvalue weighted by Gasteiger charge is 2.26. The van der Waals surface area contributed by atoms with Gasteiger partial charge in [-0.15, -0.1) is 0 Å². The summed E-state index contributed by atoms with van der Waals surface area (Å²) in [6.07, 6.45) is 1.84. The normalized spacial score (nSPS) is 14.4. The van der Waals surface area contributed by atoms with Crippen LogP contribution in [0.5, 0.6) is 11.5 Å². The molecule has 162 valence electrons. The largest absolute Gasteiger partial charge is 0.455 e. The van der Waals surface area contributed by atoms with E-state index in [-0.39, 0.29) is 22.1 Å². The van der Waals surface area contributed by atoms with E-state index in [2.05, 4.69) is 12.2 Å². The maximum atomic E-state index is 13.3. The van der Waals surface area contributed by atoms with Crippen molar-refractivity contribution in [3.05, 3.63) is 48.0 Å². The summed E-state index contributed by atoms with van der Waals surface area (Å²) in [6, 6.07) is 11.6. The van der Waals surface area contributed by atoms with Gasteiger partial charge in [0, 0.05) is 25.7 Å². The summed E-state index contributed by atoms with van der Waals surface area (Å²) in [6.45, 7) is 4.41. The van der Waals surface area contributed by atoms with Gasteiger partial charge < -0.3 is 19.7 Å². The molecule has 0 unspecified atom stereocenters. The molecule has 0 radical (unpaired) electrons. The first-order valence-corrected chi connectivity index (χ1v) is 11.5. The van der Waals surface area contributed by atoms with Gasteiger partial charge in [0.15, 0.2) is 5.75 Å². The van der Waals surface area contributed by atoms with Gasteiger partial charge in [0.1, 0.15) is 5.75 Å². The number of amides is 1. The molecular weight excluding hydrogens is 406 g/mol. The van der Waals surface area contributed by atoms with Crippen LogP contribution in [0.4, 0.5) is 5.69 Å². The van der Waals surface area contributed by atoms with Crippen LogP contribution in [0.3, 0.4) is 0 Å². The third-order valence-electron chi connectivity index (χ3n) is 4.74. The number of carbonyl (C=O) groups excluding carboxylic acids is 1. The third-order valence-corrected chi connectivity index (χ3v) is 5.63. The molecule has 9 heteroatoms. The molecule has 0 atom stereocenters. The molecule has 3 rings (SSSR count). The number of hydrogen-bond acceptors (Lipinski definition) is 6. The van der Waals surface area contributed by atoms with E-state index in [0.29, 0.717) is 44.3 Å². The average Bonchev–Trinajstić information content (AvgIpc) is 2.74. The number of unbranched alkanes of at least 4 members (excludes halogenated alkanes) is 1. The van der Waals surface area contributed by atoms with E-state index < -0.39 is 10.0 Å². The molecule has 0 saturated carbocycles. The van der Waals surface area contributed by atoms with Gasteiger partial charge in [0.25, 0.3) is 5.91 Å². The van der Waals surface area contributed by atoms with Crippen molar-refractivity contribution >= 4 is 21.6 Å². The number of rotatable bonds is 8. The van der Waals surface area contributed by atoms with E-state index in [9.17, 15) is 13.2 Å². The van der Waals surface area contributed by atoms with Crippen LogP contribution in [-0.2, 0) is 14.8 Å². The van der Waals surface area contributed by atoms with Crippen LogP contribution in [0.25, 0.3) is 0 Å². The number of ether oxygens (including phenoxy) is 2. The zero-order valence-corrected chi connectivity index (χ0v) is 17.8. The number of anilines is 1. The number of sulfonamides is 1. The second kappa shape index (κ2) is 9.92. The van der Waals surface area contributed by atoms with Crippen molar-refractivity contribution < 1.29 is 22.7 Å². The Morgan fingerprint density at radius 3 is 2.53 bits per heavy atom. The Hall–Kier alpha value is -2.62. The predicted molar refractivity (Wildman–Crippen MR) is 114 cm³/mol. The monoisotopic (exact) mass is 433 g/mol. The quantitative estimate of drug-likeness (QED) is 0.620. The second-order valence-electron chi connectivity index (χ2n) is 6.99. The highest BCUT2D eigenvalue weighted by Crippen LogP contribution is 2.36. The Morgan fingerprint density at radius 1 is 1.20 bits per heavy atom. The van der Waals surface area contributed by atoms with E-state index in [1.807, 2.05) is 18.2 Å². The van der Waals surface area contributed by atoms with Crippen molar-refractivity contribution in [1.82, 2.24) is 4.90 Å². The number of hydrogen-bond donors (Lipinski definition) is 2. The van der Waals surface area contributed by atoms with Crippen molar-refractivity contribution in [2.75, 3.05) is 38.2 Å².